The Kier molecular flexibility index (Phi) is 8.75. The van der Waals surface area contributed by atoms with Gasteiger partial charge in [0.15, 0.2) is 11.5 Å². The average Bonchev–Trinajstić information content (AvgIpc) is 2.89. The lowest BCUT2D eigenvalue weighted by Crippen LogP contribution is -2.25. The van der Waals surface area contributed by atoms with Gasteiger partial charge in [-0.25, -0.2) is 4.98 Å². The molecule has 2 aromatic carbocycles. The zero-order valence-electron chi connectivity index (χ0n) is 20.7. The highest BCUT2D eigenvalue weighted by Gasteiger charge is 2.22. The van der Waals surface area contributed by atoms with Crippen LogP contribution in [0.15, 0.2) is 70.0 Å². The van der Waals surface area contributed by atoms with E-state index >= 15 is 0 Å². The fourth-order valence-electron chi connectivity index (χ4n) is 4.66. The van der Waals surface area contributed by atoms with Crippen molar-refractivity contribution < 1.29 is 9.47 Å². The average molecular weight is 550 g/mol. The Bertz CT molecular complexity index is 1340. The first-order chi connectivity index (χ1) is 17.5. The summed E-state index contributed by atoms with van der Waals surface area (Å²) < 4.78 is 14.1. The van der Waals surface area contributed by atoms with Crippen molar-refractivity contribution in [3.8, 4) is 11.5 Å². The Labute approximate surface area is 220 Å². The minimum absolute atomic E-state index is 0.166. The van der Waals surface area contributed by atoms with Gasteiger partial charge < -0.3 is 9.47 Å². The number of fused-ring (bicyclic) bond motifs is 1. The standard InChI is InChI=1S/C29H32BrN3O3/c1-4-10-22-16-20(17-26(35-6-3)27(22)36-15-5-2)19-31-33-28(21-11-8-7-9-12-21)32-25-14-13-23(30)18-24(25)29(33)34/h4-5,13-14,16-19,21H,1-2,6-12,15H2,3H3. The molecule has 0 radical (unpaired) electrons. The molecule has 0 N–H and O–H groups in total. The molecule has 0 unspecified atom stereocenters. The molecular formula is C29H32BrN3O3. The van der Waals surface area contributed by atoms with E-state index in [1.165, 1.54) is 11.1 Å². The van der Waals surface area contributed by atoms with Crippen LogP contribution in [-0.2, 0) is 6.42 Å². The third-order valence-electron chi connectivity index (χ3n) is 6.29. The molecule has 0 bridgehead atoms. The number of rotatable bonds is 10. The minimum atomic E-state index is -0.166. The summed E-state index contributed by atoms with van der Waals surface area (Å²) in [6.07, 6.45) is 11.3. The third-order valence-corrected chi connectivity index (χ3v) is 6.78. The Morgan fingerprint density at radius 2 is 1.94 bits per heavy atom. The van der Waals surface area contributed by atoms with Gasteiger partial charge >= 0.3 is 0 Å². The molecule has 1 heterocycles. The minimum Gasteiger partial charge on any atom is -0.490 e. The number of ether oxygens (including phenoxy) is 2. The first kappa shape index (κ1) is 25.9. The topological polar surface area (TPSA) is 65.7 Å². The summed E-state index contributed by atoms with van der Waals surface area (Å²) in [7, 11) is 0. The van der Waals surface area contributed by atoms with Crippen molar-refractivity contribution in [2.75, 3.05) is 13.2 Å². The lowest BCUT2D eigenvalue weighted by Gasteiger charge is -2.22. The molecule has 1 aliphatic rings. The highest BCUT2D eigenvalue weighted by atomic mass is 79.9. The van der Waals surface area contributed by atoms with Crippen molar-refractivity contribution in [1.82, 2.24) is 9.66 Å². The first-order valence-electron chi connectivity index (χ1n) is 12.5. The van der Waals surface area contributed by atoms with E-state index in [1.807, 2.05) is 43.3 Å². The predicted octanol–water partition coefficient (Wildman–Crippen LogP) is 6.78. The lowest BCUT2D eigenvalue weighted by molar-refractivity contribution is 0.295. The first-order valence-corrected chi connectivity index (χ1v) is 13.3. The third kappa shape index (κ3) is 5.78. The maximum atomic E-state index is 13.6. The number of hydrogen-bond donors (Lipinski definition) is 0. The van der Waals surface area contributed by atoms with Crippen molar-refractivity contribution >= 4 is 33.0 Å². The number of benzene rings is 2. The van der Waals surface area contributed by atoms with Crippen molar-refractivity contribution in [3.05, 3.63) is 87.4 Å². The quantitative estimate of drug-likeness (QED) is 0.206. The van der Waals surface area contributed by atoms with Gasteiger partial charge in [-0.1, -0.05) is 53.9 Å². The van der Waals surface area contributed by atoms with Crippen LogP contribution >= 0.6 is 15.9 Å². The van der Waals surface area contributed by atoms with Crippen LogP contribution in [0.5, 0.6) is 11.5 Å². The second-order valence-corrected chi connectivity index (χ2v) is 9.78. The van der Waals surface area contributed by atoms with E-state index in [0.29, 0.717) is 42.0 Å². The van der Waals surface area contributed by atoms with Gasteiger partial charge in [-0.05, 0) is 62.1 Å². The second kappa shape index (κ2) is 12.2. The van der Waals surface area contributed by atoms with Crippen molar-refractivity contribution in [3.63, 3.8) is 0 Å². The number of aromatic nitrogens is 2. The summed E-state index contributed by atoms with van der Waals surface area (Å²) in [5.74, 6) is 2.24. The van der Waals surface area contributed by atoms with Crippen LogP contribution in [-0.4, -0.2) is 29.1 Å². The fraction of sp³-hybridized carbons (Fsp3) is 0.345. The Balaban J connectivity index is 1.83. The summed E-state index contributed by atoms with van der Waals surface area (Å²) >= 11 is 3.48. The van der Waals surface area contributed by atoms with Crippen molar-refractivity contribution in [2.45, 2.75) is 51.4 Å². The largest absolute Gasteiger partial charge is 0.490 e. The molecule has 6 nitrogen and oxygen atoms in total. The molecule has 0 aliphatic heterocycles. The van der Waals surface area contributed by atoms with Gasteiger partial charge in [-0.2, -0.15) is 9.78 Å². The summed E-state index contributed by atoms with van der Waals surface area (Å²) in [5.41, 5.74) is 2.27. The number of allylic oxidation sites excluding steroid dienone is 1. The molecule has 1 fully saturated rings. The highest BCUT2D eigenvalue weighted by molar-refractivity contribution is 9.10. The summed E-state index contributed by atoms with van der Waals surface area (Å²) in [6, 6.07) is 9.48. The molecule has 1 aromatic heterocycles. The molecule has 0 amide bonds. The fourth-order valence-corrected chi connectivity index (χ4v) is 5.02. The Morgan fingerprint density at radius 1 is 1.14 bits per heavy atom. The van der Waals surface area contributed by atoms with Gasteiger partial charge in [0.2, 0.25) is 0 Å². The van der Waals surface area contributed by atoms with E-state index in [2.05, 4.69) is 34.2 Å². The van der Waals surface area contributed by atoms with Crippen LogP contribution in [0, 0.1) is 0 Å². The summed E-state index contributed by atoms with van der Waals surface area (Å²) in [6.45, 7) is 10.4. The number of halogens is 1. The van der Waals surface area contributed by atoms with Crippen LogP contribution in [0.25, 0.3) is 10.9 Å². The van der Waals surface area contributed by atoms with Crippen molar-refractivity contribution in [1.29, 1.82) is 0 Å². The van der Waals surface area contributed by atoms with Gasteiger partial charge in [-0.15, -0.1) is 6.58 Å². The zero-order chi connectivity index (χ0) is 25.5. The van der Waals surface area contributed by atoms with Crippen LogP contribution in [0.1, 0.15) is 61.9 Å². The van der Waals surface area contributed by atoms with Crippen LogP contribution < -0.4 is 15.0 Å². The SMILES string of the molecule is C=CCOc1c(CC=C)cc(C=Nn2c(C3CCCCC3)nc3ccc(Br)cc3c2=O)cc1OCC. The molecule has 4 rings (SSSR count). The van der Waals surface area contributed by atoms with E-state index < -0.39 is 0 Å². The Morgan fingerprint density at radius 3 is 2.67 bits per heavy atom. The highest BCUT2D eigenvalue weighted by Crippen LogP contribution is 2.34. The van der Waals surface area contributed by atoms with Gasteiger partial charge in [-0.3, -0.25) is 4.79 Å². The molecule has 0 spiro atoms. The molecule has 3 aromatic rings. The predicted molar refractivity (Wildman–Crippen MR) is 150 cm³/mol. The summed E-state index contributed by atoms with van der Waals surface area (Å²) in [4.78, 5) is 18.5. The maximum absolute atomic E-state index is 13.6. The smallest absolute Gasteiger partial charge is 0.282 e. The van der Waals surface area contributed by atoms with E-state index in [-0.39, 0.29) is 11.5 Å². The van der Waals surface area contributed by atoms with E-state index in [1.54, 1.807) is 12.3 Å². The van der Waals surface area contributed by atoms with Crippen LogP contribution in [0.4, 0.5) is 0 Å². The molecule has 1 aliphatic carbocycles. The molecule has 36 heavy (non-hydrogen) atoms. The molecular weight excluding hydrogens is 518 g/mol. The Hall–Kier alpha value is -3.19. The maximum Gasteiger partial charge on any atom is 0.282 e. The van der Waals surface area contributed by atoms with E-state index in [4.69, 9.17) is 14.5 Å². The molecule has 7 heteroatoms. The normalized spacial score (nSPS) is 14.3. The molecule has 0 atom stereocenters. The lowest BCUT2D eigenvalue weighted by atomic mass is 9.88. The molecule has 1 saturated carbocycles. The molecule has 188 valence electrons. The second-order valence-electron chi connectivity index (χ2n) is 8.86. The number of hydrogen-bond acceptors (Lipinski definition) is 5. The van der Waals surface area contributed by atoms with Crippen LogP contribution in [0.3, 0.4) is 0 Å². The van der Waals surface area contributed by atoms with Gasteiger partial charge in [0.05, 0.1) is 23.7 Å². The van der Waals surface area contributed by atoms with Gasteiger partial charge in [0.1, 0.15) is 12.4 Å². The zero-order valence-corrected chi connectivity index (χ0v) is 22.3. The number of nitrogens with zero attached hydrogens (tertiary/aromatic N) is 3. The monoisotopic (exact) mass is 549 g/mol. The van der Waals surface area contributed by atoms with Gasteiger partial charge in [0, 0.05) is 16.0 Å². The molecule has 0 saturated heterocycles. The van der Waals surface area contributed by atoms with E-state index in [0.717, 1.165) is 47.1 Å². The van der Waals surface area contributed by atoms with Crippen molar-refractivity contribution in [2.24, 2.45) is 5.10 Å². The van der Waals surface area contributed by atoms with E-state index in [9.17, 15) is 4.79 Å². The van der Waals surface area contributed by atoms with Gasteiger partial charge in [0.25, 0.3) is 5.56 Å². The van der Waals surface area contributed by atoms with Crippen LogP contribution in [0.2, 0.25) is 0 Å². The summed E-state index contributed by atoms with van der Waals surface area (Å²) in [5, 5.41) is 5.23.